The SMILES string of the molecule is NC(=O)CONCc1nnc(-c2ccccc2)o1. The summed E-state index contributed by atoms with van der Waals surface area (Å²) >= 11 is 0. The molecule has 0 aliphatic heterocycles. The molecule has 0 spiro atoms. The van der Waals surface area contributed by atoms with Gasteiger partial charge in [-0.05, 0) is 12.1 Å². The number of hydrogen-bond acceptors (Lipinski definition) is 6. The highest BCUT2D eigenvalue weighted by molar-refractivity contribution is 5.74. The Labute approximate surface area is 103 Å². The molecule has 0 unspecified atom stereocenters. The van der Waals surface area contributed by atoms with Crippen LogP contribution in [0.2, 0.25) is 0 Å². The highest BCUT2D eigenvalue weighted by atomic mass is 16.6. The van der Waals surface area contributed by atoms with Gasteiger partial charge in [0.25, 0.3) is 0 Å². The van der Waals surface area contributed by atoms with Crippen molar-refractivity contribution in [1.29, 1.82) is 0 Å². The van der Waals surface area contributed by atoms with Crippen LogP contribution >= 0.6 is 0 Å². The summed E-state index contributed by atoms with van der Waals surface area (Å²) in [6, 6.07) is 9.41. The number of primary amides is 1. The van der Waals surface area contributed by atoms with E-state index in [9.17, 15) is 4.79 Å². The van der Waals surface area contributed by atoms with E-state index in [-0.39, 0.29) is 13.2 Å². The Morgan fingerprint density at radius 1 is 1.33 bits per heavy atom. The van der Waals surface area contributed by atoms with Gasteiger partial charge in [0.2, 0.25) is 17.7 Å². The molecule has 18 heavy (non-hydrogen) atoms. The van der Waals surface area contributed by atoms with Crippen molar-refractivity contribution in [3.05, 3.63) is 36.2 Å². The first-order valence-corrected chi connectivity index (χ1v) is 5.26. The number of nitrogens with two attached hydrogens (primary N) is 1. The number of aromatic nitrogens is 2. The minimum absolute atomic E-state index is 0.202. The van der Waals surface area contributed by atoms with Gasteiger partial charge in [-0.1, -0.05) is 18.2 Å². The lowest BCUT2D eigenvalue weighted by molar-refractivity contribution is -0.125. The summed E-state index contributed by atoms with van der Waals surface area (Å²) in [6.45, 7) is -0.00715. The van der Waals surface area contributed by atoms with Crippen molar-refractivity contribution in [3.63, 3.8) is 0 Å². The predicted molar refractivity (Wildman–Crippen MR) is 61.7 cm³/mol. The Balaban J connectivity index is 1.89. The summed E-state index contributed by atoms with van der Waals surface area (Å²) in [6.07, 6.45) is 0. The van der Waals surface area contributed by atoms with E-state index in [0.29, 0.717) is 11.8 Å². The number of benzene rings is 1. The minimum atomic E-state index is -0.557. The molecule has 0 saturated carbocycles. The van der Waals surface area contributed by atoms with Gasteiger partial charge in [0, 0.05) is 5.56 Å². The number of hydroxylamine groups is 1. The van der Waals surface area contributed by atoms with Gasteiger partial charge in [0.15, 0.2) is 0 Å². The quantitative estimate of drug-likeness (QED) is 0.560. The number of nitrogens with zero attached hydrogens (tertiary/aromatic N) is 2. The van der Waals surface area contributed by atoms with E-state index in [0.717, 1.165) is 5.56 Å². The lowest BCUT2D eigenvalue weighted by atomic mass is 10.2. The van der Waals surface area contributed by atoms with E-state index in [1.165, 1.54) is 0 Å². The molecule has 0 saturated heterocycles. The molecule has 0 aliphatic carbocycles. The summed E-state index contributed by atoms with van der Waals surface area (Å²) in [7, 11) is 0. The van der Waals surface area contributed by atoms with E-state index < -0.39 is 5.91 Å². The fourth-order valence-corrected chi connectivity index (χ4v) is 1.26. The van der Waals surface area contributed by atoms with Gasteiger partial charge in [-0.2, -0.15) is 5.48 Å². The second kappa shape index (κ2) is 5.89. The molecule has 0 radical (unpaired) electrons. The highest BCUT2D eigenvalue weighted by Crippen LogP contribution is 2.16. The Bertz CT molecular complexity index is 512. The van der Waals surface area contributed by atoms with Gasteiger partial charge in [-0.15, -0.1) is 10.2 Å². The molecule has 7 heteroatoms. The van der Waals surface area contributed by atoms with E-state index >= 15 is 0 Å². The monoisotopic (exact) mass is 248 g/mol. The Morgan fingerprint density at radius 3 is 2.83 bits per heavy atom. The molecule has 7 nitrogen and oxygen atoms in total. The zero-order valence-electron chi connectivity index (χ0n) is 9.50. The maximum atomic E-state index is 10.4. The molecule has 1 amide bonds. The van der Waals surface area contributed by atoms with Crippen LogP contribution in [-0.4, -0.2) is 22.7 Å². The first kappa shape index (κ1) is 12.2. The molecular weight excluding hydrogens is 236 g/mol. The second-order valence-corrected chi connectivity index (χ2v) is 3.44. The van der Waals surface area contributed by atoms with Crippen molar-refractivity contribution in [3.8, 4) is 11.5 Å². The van der Waals surface area contributed by atoms with Crippen LogP contribution in [-0.2, 0) is 16.2 Å². The van der Waals surface area contributed by atoms with Crippen LogP contribution in [0.1, 0.15) is 5.89 Å². The summed E-state index contributed by atoms with van der Waals surface area (Å²) in [5.74, 6) is 0.235. The first-order valence-electron chi connectivity index (χ1n) is 5.26. The van der Waals surface area contributed by atoms with Gasteiger partial charge in [0.1, 0.15) is 6.61 Å². The standard InChI is InChI=1S/C11H12N4O3/c12-9(16)7-17-13-6-10-14-15-11(18-10)8-4-2-1-3-5-8/h1-5,13H,6-7H2,(H2,12,16). The maximum absolute atomic E-state index is 10.4. The summed E-state index contributed by atoms with van der Waals surface area (Å²) < 4.78 is 5.40. The van der Waals surface area contributed by atoms with E-state index in [1.807, 2.05) is 30.3 Å². The molecule has 2 aromatic rings. The zero-order valence-corrected chi connectivity index (χ0v) is 9.50. The van der Waals surface area contributed by atoms with Crippen LogP contribution in [0.5, 0.6) is 0 Å². The topological polar surface area (TPSA) is 103 Å². The number of hydrogen-bond donors (Lipinski definition) is 2. The lowest BCUT2D eigenvalue weighted by Gasteiger charge is -1.99. The van der Waals surface area contributed by atoms with Crippen LogP contribution in [0.3, 0.4) is 0 Å². The third-order valence-electron chi connectivity index (χ3n) is 2.03. The fourth-order valence-electron chi connectivity index (χ4n) is 1.26. The Hall–Kier alpha value is -2.25. The highest BCUT2D eigenvalue weighted by Gasteiger charge is 2.07. The largest absolute Gasteiger partial charge is 0.419 e. The van der Waals surface area contributed by atoms with E-state index in [2.05, 4.69) is 15.7 Å². The molecule has 94 valence electrons. The molecule has 0 atom stereocenters. The van der Waals surface area contributed by atoms with Crippen LogP contribution in [0.4, 0.5) is 0 Å². The third kappa shape index (κ3) is 3.37. The summed E-state index contributed by atoms with van der Waals surface area (Å²) in [5, 5.41) is 7.73. The van der Waals surface area contributed by atoms with Crippen molar-refractivity contribution in [1.82, 2.24) is 15.7 Å². The Kier molecular flexibility index (Phi) is 4.00. The Morgan fingerprint density at radius 2 is 2.11 bits per heavy atom. The van der Waals surface area contributed by atoms with Crippen molar-refractivity contribution in [2.75, 3.05) is 6.61 Å². The second-order valence-electron chi connectivity index (χ2n) is 3.44. The van der Waals surface area contributed by atoms with Crippen LogP contribution in [0.15, 0.2) is 34.7 Å². The lowest BCUT2D eigenvalue weighted by Crippen LogP contribution is -2.24. The van der Waals surface area contributed by atoms with Gasteiger partial charge in [0.05, 0.1) is 6.54 Å². The molecule has 0 aliphatic rings. The average molecular weight is 248 g/mol. The molecule has 3 N–H and O–H groups in total. The van der Waals surface area contributed by atoms with Crippen molar-refractivity contribution < 1.29 is 14.0 Å². The average Bonchev–Trinajstić information content (AvgIpc) is 2.84. The third-order valence-corrected chi connectivity index (χ3v) is 2.03. The maximum Gasteiger partial charge on any atom is 0.247 e. The molecule has 2 rings (SSSR count). The first-order chi connectivity index (χ1) is 8.75. The number of nitrogens with one attached hydrogen (secondary N) is 1. The summed E-state index contributed by atoms with van der Waals surface area (Å²) in [4.78, 5) is 15.2. The van der Waals surface area contributed by atoms with Gasteiger partial charge in [-0.3, -0.25) is 9.63 Å². The van der Waals surface area contributed by atoms with Crippen molar-refractivity contribution >= 4 is 5.91 Å². The zero-order chi connectivity index (χ0) is 12.8. The molecule has 1 aromatic heterocycles. The fraction of sp³-hybridized carbons (Fsp3) is 0.182. The van der Waals surface area contributed by atoms with E-state index in [1.54, 1.807) is 0 Å². The number of carbonyl (C=O) groups is 1. The van der Waals surface area contributed by atoms with Crippen LogP contribution in [0, 0.1) is 0 Å². The molecule has 0 fully saturated rings. The smallest absolute Gasteiger partial charge is 0.247 e. The van der Waals surface area contributed by atoms with Crippen LogP contribution in [0.25, 0.3) is 11.5 Å². The minimum Gasteiger partial charge on any atom is -0.419 e. The van der Waals surface area contributed by atoms with E-state index in [4.69, 9.17) is 15.0 Å². The van der Waals surface area contributed by atoms with Gasteiger partial charge < -0.3 is 10.2 Å². The molecule has 0 bridgehead atoms. The van der Waals surface area contributed by atoms with Crippen molar-refractivity contribution in [2.45, 2.75) is 6.54 Å². The van der Waals surface area contributed by atoms with Gasteiger partial charge in [-0.25, -0.2) is 0 Å². The number of amides is 1. The number of carbonyl (C=O) groups excluding carboxylic acids is 1. The van der Waals surface area contributed by atoms with Crippen LogP contribution < -0.4 is 11.2 Å². The molecule has 1 aromatic carbocycles. The molecule has 1 heterocycles. The predicted octanol–water partition coefficient (Wildman–Crippen LogP) is 0.243. The molecular formula is C11H12N4O3. The van der Waals surface area contributed by atoms with Crippen molar-refractivity contribution in [2.24, 2.45) is 5.73 Å². The summed E-state index contributed by atoms with van der Waals surface area (Å²) in [5.41, 5.74) is 8.24. The number of rotatable bonds is 6. The van der Waals surface area contributed by atoms with Gasteiger partial charge >= 0.3 is 0 Å². The normalized spacial score (nSPS) is 10.4.